The third-order valence-corrected chi connectivity index (χ3v) is 4.24. The van der Waals surface area contributed by atoms with Crippen molar-refractivity contribution in [1.29, 1.82) is 0 Å². The van der Waals surface area contributed by atoms with Crippen LogP contribution in [0.4, 0.5) is 18.9 Å². The Bertz CT molecular complexity index is 719. The van der Waals surface area contributed by atoms with Crippen molar-refractivity contribution >= 4 is 37.9 Å². The number of alkyl halides is 3. The number of rotatable bonds is 5. The van der Waals surface area contributed by atoms with E-state index in [0.29, 0.717) is 0 Å². The van der Waals surface area contributed by atoms with Crippen LogP contribution in [-0.2, 0) is 15.1 Å². The molecular weight excluding hydrogens is 411 g/mol. The minimum absolute atomic E-state index is 0.0736. The topological polar surface area (TPSA) is 104 Å². The van der Waals surface area contributed by atoms with Gasteiger partial charge in [0.05, 0.1) is 5.69 Å². The van der Waals surface area contributed by atoms with E-state index in [2.05, 4.69) is 20.7 Å². The van der Waals surface area contributed by atoms with Crippen molar-refractivity contribution in [1.82, 2.24) is 0 Å². The molecule has 0 fully saturated rings. The van der Waals surface area contributed by atoms with Gasteiger partial charge in [0.2, 0.25) is 0 Å². The predicted octanol–water partition coefficient (Wildman–Crippen LogP) is 2.82. The first-order valence-electron chi connectivity index (χ1n) is 5.73. The summed E-state index contributed by atoms with van der Waals surface area (Å²) in [5.41, 5.74) is -3.08. The molecule has 1 rings (SSSR count). The summed E-state index contributed by atoms with van der Waals surface area (Å²) >= 11 is 2.89. The molecule has 23 heavy (non-hydrogen) atoms. The quantitative estimate of drug-likeness (QED) is 0.708. The highest BCUT2D eigenvalue weighted by molar-refractivity contribution is 9.10. The number of nitrogens with zero attached hydrogens (tertiary/aromatic N) is 1. The van der Waals surface area contributed by atoms with E-state index in [-0.39, 0.29) is 8.78 Å². The lowest BCUT2D eigenvalue weighted by atomic mass is 10.1. The summed E-state index contributed by atoms with van der Waals surface area (Å²) in [6.07, 6.45) is -5.16. The molecule has 0 aliphatic heterocycles. The number of hydrogen-bond donors (Lipinski definition) is 2. The van der Waals surface area contributed by atoms with Gasteiger partial charge in [-0.2, -0.15) is 8.42 Å². The fraction of sp³-hybridized carbons (Fsp3) is 0.364. The molecule has 2 N–H and O–H groups in total. The average Bonchev–Trinajstić information content (AvgIpc) is 2.28. The van der Waals surface area contributed by atoms with Crippen LogP contribution in [0.5, 0.6) is 5.75 Å². The molecule has 0 aliphatic rings. The fourth-order valence-electron chi connectivity index (χ4n) is 1.66. The lowest BCUT2D eigenvalue weighted by Gasteiger charge is -2.34. The molecule has 1 aromatic carbocycles. The van der Waals surface area contributed by atoms with Crippen LogP contribution in [0.15, 0.2) is 22.7 Å². The lowest BCUT2D eigenvalue weighted by Crippen LogP contribution is -2.53. The highest BCUT2D eigenvalue weighted by Gasteiger charge is 2.44. The standard InChI is InChI=1S/C11H11BrF3NO6S/c1-10(2,9(17)18)16(23(19,20)21)7-4-3-6(12)5-8(7)22-11(13,14)15/h3-5H,1-2H3,(H,17,18)(H,19,20,21). The number of hydrogen-bond acceptors (Lipinski definition) is 4. The van der Waals surface area contributed by atoms with Crippen LogP contribution in [0.3, 0.4) is 0 Å². The summed E-state index contributed by atoms with van der Waals surface area (Å²) in [7, 11) is -5.22. The largest absolute Gasteiger partial charge is 0.573 e. The first-order valence-corrected chi connectivity index (χ1v) is 7.92. The lowest BCUT2D eigenvalue weighted by molar-refractivity contribution is -0.274. The van der Waals surface area contributed by atoms with Gasteiger partial charge in [-0.3, -0.25) is 4.55 Å². The number of carboxylic acid groups (broad SMARTS) is 1. The van der Waals surface area contributed by atoms with E-state index in [1.165, 1.54) is 0 Å². The van der Waals surface area contributed by atoms with Gasteiger partial charge in [-0.1, -0.05) is 15.9 Å². The molecule has 0 saturated carbocycles. The van der Waals surface area contributed by atoms with E-state index in [0.717, 1.165) is 32.0 Å². The number of ether oxygens (including phenoxy) is 1. The van der Waals surface area contributed by atoms with Gasteiger partial charge in [0, 0.05) is 4.47 Å². The Morgan fingerprint density at radius 2 is 1.83 bits per heavy atom. The third kappa shape index (κ3) is 4.72. The Hall–Kier alpha value is -1.53. The van der Waals surface area contributed by atoms with Gasteiger partial charge in [-0.15, -0.1) is 13.2 Å². The van der Waals surface area contributed by atoms with Crippen LogP contribution in [0.2, 0.25) is 0 Å². The maximum atomic E-state index is 12.5. The van der Waals surface area contributed by atoms with E-state index in [9.17, 15) is 30.9 Å². The smallest absolute Gasteiger partial charge is 0.479 e. The highest BCUT2D eigenvalue weighted by Crippen LogP contribution is 2.39. The zero-order chi connectivity index (χ0) is 18.2. The average molecular weight is 422 g/mol. The number of halogens is 4. The summed E-state index contributed by atoms with van der Waals surface area (Å²) in [6, 6.07) is 2.82. The molecule has 130 valence electrons. The minimum atomic E-state index is -5.22. The van der Waals surface area contributed by atoms with Crippen molar-refractivity contribution in [3.05, 3.63) is 22.7 Å². The van der Waals surface area contributed by atoms with E-state index in [1.54, 1.807) is 0 Å². The van der Waals surface area contributed by atoms with Crippen LogP contribution in [-0.4, -0.2) is 35.9 Å². The van der Waals surface area contributed by atoms with E-state index in [4.69, 9.17) is 5.11 Å². The Labute approximate surface area is 137 Å². The molecule has 0 unspecified atom stereocenters. The van der Waals surface area contributed by atoms with Gasteiger partial charge < -0.3 is 9.84 Å². The second-order valence-corrected chi connectivity index (χ2v) is 6.94. The zero-order valence-corrected chi connectivity index (χ0v) is 14.0. The molecule has 12 heteroatoms. The Balaban J connectivity index is 3.65. The van der Waals surface area contributed by atoms with Crippen LogP contribution in [0.1, 0.15) is 13.8 Å². The minimum Gasteiger partial charge on any atom is -0.479 e. The first kappa shape index (κ1) is 19.5. The fourth-order valence-corrected chi connectivity index (χ4v) is 3.06. The maximum absolute atomic E-state index is 12.5. The van der Waals surface area contributed by atoms with E-state index < -0.39 is 39.6 Å². The number of carbonyl (C=O) groups is 1. The summed E-state index contributed by atoms with van der Waals surface area (Å²) < 4.78 is 73.6. The normalized spacial score (nSPS) is 12.8. The van der Waals surface area contributed by atoms with Gasteiger partial charge in [-0.25, -0.2) is 9.10 Å². The van der Waals surface area contributed by atoms with Crippen molar-refractivity contribution in [2.24, 2.45) is 0 Å². The second-order valence-electron chi connectivity index (χ2n) is 4.77. The Kier molecular flexibility index (Phi) is 5.23. The molecule has 0 radical (unpaired) electrons. The van der Waals surface area contributed by atoms with Crippen LogP contribution in [0, 0.1) is 0 Å². The Morgan fingerprint density at radius 3 is 2.22 bits per heavy atom. The number of benzene rings is 1. The van der Waals surface area contributed by atoms with Gasteiger partial charge in [0.15, 0.2) is 5.75 Å². The molecule has 0 aliphatic carbocycles. The van der Waals surface area contributed by atoms with Gasteiger partial charge in [-0.05, 0) is 32.0 Å². The molecular formula is C11H11BrF3NO6S. The summed E-state index contributed by atoms with van der Waals surface area (Å²) in [6.45, 7) is 1.78. The molecule has 0 heterocycles. The van der Waals surface area contributed by atoms with Crippen molar-refractivity contribution in [2.45, 2.75) is 25.7 Å². The van der Waals surface area contributed by atoms with Gasteiger partial charge >= 0.3 is 22.6 Å². The summed E-state index contributed by atoms with van der Waals surface area (Å²) in [5, 5.41) is 9.12. The Morgan fingerprint density at radius 1 is 1.30 bits per heavy atom. The first-order chi connectivity index (χ1) is 10.2. The number of carboxylic acids is 1. The van der Waals surface area contributed by atoms with E-state index in [1.807, 2.05) is 0 Å². The molecule has 0 amide bonds. The highest BCUT2D eigenvalue weighted by atomic mass is 79.9. The predicted molar refractivity (Wildman–Crippen MR) is 76.6 cm³/mol. The summed E-state index contributed by atoms with van der Waals surface area (Å²) in [4.78, 5) is 11.3. The van der Waals surface area contributed by atoms with Gasteiger partial charge in [0.25, 0.3) is 0 Å². The van der Waals surface area contributed by atoms with Crippen molar-refractivity contribution in [3.63, 3.8) is 0 Å². The number of anilines is 1. The molecule has 0 aromatic heterocycles. The van der Waals surface area contributed by atoms with Crippen molar-refractivity contribution in [2.75, 3.05) is 4.31 Å². The molecule has 0 bridgehead atoms. The molecule has 0 spiro atoms. The maximum Gasteiger partial charge on any atom is 0.573 e. The monoisotopic (exact) mass is 421 g/mol. The number of aliphatic carboxylic acids is 1. The van der Waals surface area contributed by atoms with Crippen molar-refractivity contribution < 1.29 is 40.8 Å². The second kappa shape index (κ2) is 6.17. The van der Waals surface area contributed by atoms with Crippen molar-refractivity contribution in [3.8, 4) is 5.75 Å². The molecule has 1 aromatic rings. The molecule has 0 atom stereocenters. The van der Waals surface area contributed by atoms with Crippen LogP contribution >= 0.6 is 15.9 Å². The zero-order valence-electron chi connectivity index (χ0n) is 11.6. The van der Waals surface area contributed by atoms with E-state index >= 15 is 0 Å². The van der Waals surface area contributed by atoms with Crippen LogP contribution in [0.25, 0.3) is 0 Å². The SMILES string of the molecule is CC(C)(C(=O)O)N(c1ccc(Br)cc1OC(F)(F)F)S(=O)(=O)O. The van der Waals surface area contributed by atoms with Crippen LogP contribution < -0.4 is 9.04 Å². The van der Waals surface area contributed by atoms with Gasteiger partial charge in [0.1, 0.15) is 5.54 Å². The summed E-state index contributed by atoms with van der Waals surface area (Å²) in [5.74, 6) is -2.70. The molecule has 0 saturated heterocycles. The third-order valence-electron chi connectivity index (χ3n) is 2.63. The molecule has 7 nitrogen and oxygen atoms in total.